The summed E-state index contributed by atoms with van der Waals surface area (Å²) in [4.78, 5) is 22.4. The first-order valence-electron chi connectivity index (χ1n) is 4.85. The molecule has 1 aliphatic rings. The number of carbonyl (C=O) groups is 2. The van der Waals surface area contributed by atoms with Crippen LogP contribution in [0.4, 0.5) is 4.39 Å². The molecule has 0 saturated carbocycles. The summed E-state index contributed by atoms with van der Waals surface area (Å²) in [5.41, 5.74) is 5.57. The lowest BCUT2D eigenvalue weighted by molar-refractivity contribution is -0.127. The van der Waals surface area contributed by atoms with E-state index in [9.17, 15) is 14.0 Å². The molecule has 0 spiro atoms. The second-order valence-corrected chi connectivity index (χ2v) is 3.54. The number of nitrogens with one attached hydrogen (secondary N) is 1. The minimum atomic E-state index is -0.998. The Morgan fingerprint density at radius 1 is 1.73 bits per heavy atom. The van der Waals surface area contributed by atoms with Crippen LogP contribution in [0.5, 0.6) is 0 Å². The normalized spacial score (nSPS) is 22.5. The second kappa shape index (κ2) is 5.77. The Bertz CT molecular complexity index is 248. The van der Waals surface area contributed by atoms with Gasteiger partial charge in [-0.3, -0.25) is 9.59 Å². The largest absolute Gasteiger partial charge is 0.356 e. The van der Waals surface area contributed by atoms with Gasteiger partial charge in [0.25, 0.3) is 0 Å². The van der Waals surface area contributed by atoms with Gasteiger partial charge in [-0.2, -0.15) is 0 Å². The van der Waals surface area contributed by atoms with Crippen LogP contribution in [0.25, 0.3) is 0 Å². The van der Waals surface area contributed by atoms with E-state index in [0.717, 1.165) is 0 Å². The molecule has 86 valence electrons. The number of ether oxygens (including phenoxy) is 1. The van der Waals surface area contributed by atoms with Crippen LogP contribution in [-0.4, -0.2) is 37.7 Å². The molecule has 3 N–H and O–H groups in total. The molecule has 0 bridgehead atoms. The van der Waals surface area contributed by atoms with Crippen LogP contribution in [0.15, 0.2) is 0 Å². The smallest absolute Gasteiger partial charge is 0.223 e. The van der Waals surface area contributed by atoms with Gasteiger partial charge in [0.2, 0.25) is 5.91 Å². The molecule has 1 heterocycles. The minimum absolute atomic E-state index is 0.0651. The first-order valence-corrected chi connectivity index (χ1v) is 4.85. The number of hydrogen-bond acceptors (Lipinski definition) is 4. The van der Waals surface area contributed by atoms with Gasteiger partial charge in [0.15, 0.2) is 12.6 Å². The molecule has 1 rings (SSSR count). The van der Waals surface area contributed by atoms with E-state index in [1.807, 2.05) is 0 Å². The van der Waals surface area contributed by atoms with E-state index in [2.05, 4.69) is 10.1 Å². The Balaban J connectivity index is 2.30. The SMILES string of the molecule is N[C@@H](C[C@@H]1CCNC1=O)C(=O)COCF. The van der Waals surface area contributed by atoms with Crippen molar-refractivity contribution in [2.75, 3.05) is 20.0 Å². The van der Waals surface area contributed by atoms with E-state index in [4.69, 9.17) is 5.73 Å². The van der Waals surface area contributed by atoms with E-state index < -0.39 is 12.9 Å². The molecule has 0 aromatic heterocycles. The fourth-order valence-corrected chi connectivity index (χ4v) is 1.55. The molecule has 1 fully saturated rings. The van der Waals surface area contributed by atoms with Gasteiger partial charge in [-0.25, -0.2) is 4.39 Å². The van der Waals surface area contributed by atoms with Crippen molar-refractivity contribution >= 4 is 11.7 Å². The molecule has 5 nitrogen and oxygen atoms in total. The van der Waals surface area contributed by atoms with Gasteiger partial charge in [-0.05, 0) is 12.8 Å². The van der Waals surface area contributed by atoms with Crippen molar-refractivity contribution in [1.82, 2.24) is 5.32 Å². The number of rotatable bonds is 6. The summed E-state index contributed by atoms with van der Waals surface area (Å²) in [6.07, 6.45) is 1.00. The highest BCUT2D eigenvalue weighted by atomic mass is 19.1. The third-order valence-corrected chi connectivity index (χ3v) is 2.44. The number of carbonyl (C=O) groups excluding carboxylic acids is 2. The van der Waals surface area contributed by atoms with Gasteiger partial charge < -0.3 is 15.8 Å². The Morgan fingerprint density at radius 2 is 2.47 bits per heavy atom. The Morgan fingerprint density at radius 3 is 3.00 bits per heavy atom. The van der Waals surface area contributed by atoms with Gasteiger partial charge in [0.05, 0.1) is 6.04 Å². The van der Waals surface area contributed by atoms with Crippen LogP contribution in [-0.2, 0) is 14.3 Å². The minimum Gasteiger partial charge on any atom is -0.356 e. The highest BCUT2D eigenvalue weighted by Crippen LogP contribution is 2.15. The zero-order chi connectivity index (χ0) is 11.3. The summed E-state index contributed by atoms with van der Waals surface area (Å²) in [6, 6.07) is -0.745. The summed E-state index contributed by atoms with van der Waals surface area (Å²) in [7, 11) is 0. The van der Waals surface area contributed by atoms with E-state index in [0.29, 0.717) is 19.4 Å². The van der Waals surface area contributed by atoms with Gasteiger partial charge in [-0.1, -0.05) is 0 Å². The monoisotopic (exact) mass is 218 g/mol. The summed E-state index contributed by atoms with van der Waals surface area (Å²) in [5, 5.41) is 2.66. The quantitative estimate of drug-likeness (QED) is 0.621. The van der Waals surface area contributed by atoms with Gasteiger partial charge in [0.1, 0.15) is 6.61 Å². The standard InChI is InChI=1S/C9H15FN2O3/c10-5-15-4-8(13)7(11)3-6-1-2-12-9(6)14/h6-7H,1-5,11H2,(H,12,14)/t6-,7-/m0/s1. The summed E-state index contributed by atoms with van der Waals surface area (Å²) >= 11 is 0. The fourth-order valence-electron chi connectivity index (χ4n) is 1.55. The van der Waals surface area contributed by atoms with Crippen LogP contribution in [0.1, 0.15) is 12.8 Å². The van der Waals surface area contributed by atoms with Crippen molar-refractivity contribution in [2.45, 2.75) is 18.9 Å². The highest BCUT2D eigenvalue weighted by Gasteiger charge is 2.28. The molecule has 0 aromatic rings. The predicted octanol–water partition coefficient (Wildman–Crippen LogP) is -0.647. The molecular weight excluding hydrogens is 203 g/mol. The van der Waals surface area contributed by atoms with Crippen molar-refractivity contribution < 1.29 is 18.7 Å². The van der Waals surface area contributed by atoms with E-state index >= 15 is 0 Å². The van der Waals surface area contributed by atoms with Crippen LogP contribution in [0.2, 0.25) is 0 Å². The average molecular weight is 218 g/mol. The molecule has 0 radical (unpaired) electrons. The second-order valence-electron chi connectivity index (χ2n) is 3.54. The lowest BCUT2D eigenvalue weighted by Crippen LogP contribution is -2.36. The lowest BCUT2D eigenvalue weighted by Gasteiger charge is -2.13. The molecular formula is C9H15FN2O3. The average Bonchev–Trinajstić information content (AvgIpc) is 2.61. The van der Waals surface area contributed by atoms with Crippen molar-refractivity contribution in [3.05, 3.63) is 0 Å². The van der Waals surface area contributed by atoms with Crippen LogP contribution < -0.4 is 11.1 Å². The zero-order valence-corrected chi connectivity index (χ0v) is 8.37. The van der Waals surface area contributed by atoms with Crippen LogP contribution >= 0.6 is 0 Å². The summed E-state index contributed by atoms with van der Waals surface area (Å²) in [5.74, 6) is -0.633. The number of nitrogens with two attached hydrogens (primary N) is 1. The van der Waals surface area contributed by atoms with E-state index in [1.54, 1.807) is 0 Å². The first kappa shape index (κ1) is 12.1. The lowest BCUT2D eigenvalue weighted by atomic mass is 9.97. The molecule has 0 unspecified atom stereocenters. The van der Waals surface area contributed by atoms with Gasteiger partial charge >= 0.3 is 0 Å². The number of ketones is 1. The van der Waals surface area contributed by atoms with E-state index in [-0.39, 0.29) is 24.2 Å². The van der Waals surface area contributed by atoms with E-state index in [1.165, 1.54) is 0 Å². The molecule has 1 saturated heterocycles. The molecule has 1 amide bonds. The highest BCUT2D eigenvalue weighted by molar-refractivity contribution is 5.86. The maximum Gasteiger partial charge on any atom is 0.223 e. The van der Waals surface area contributed by atoms with Crippen LogP contribution in [0.3, 0.4) is 0 Å². The third kappa shape index (κ3) is 3.56. The molecule has 1 aliphatic heterocycles. The molecule has 6 heteroatoms. The topological polar surface area (TPSA) is 81.4 Å². The van der Waals surface area contributed by atoms with Gasteiger partial charge in [0, 0.05) is 12.5 Å². The van der Waals surface area contributed by atoms with Crippen molar-refractivity contribution in [2.24, 2.45) is 11.7 Å². The van der Waals surface area contributed by atoms with Crippen molar-refractivity contribution in [3.63, 3.8) is 0 Å². The molecule has 0 aliphatic carbocycles. The number of amides is 1. The summed E-state index contributed by atoms with van der Waals surface area (Å²) < 4.78 is 15.9. The van der Waals surface area contributed by atoms with Gasteiger partial charge in [-0.15, -0.1) is 0 Å². The first-order chi connectivity index (χ1) is 7.15. The maximum atomic E-state index is 11.6. The van der Waals surface area contributed by atoms with Crippen molar-refractivity contribution in [3.8, 4) is 0 Å². The molecule has 2 atom stereocenters. The molecule has 0 aromatic carbocycles. The molecule has 15 heavy (non-hydrogen) atoms. The van der Waals surface area contributed by atoms with Crippen LogP contribution in [0, 0.1) is 5.92 Å². The summed E-state index contributed by atoms with van der Waals surface area (Å²) in [6.45, 7) is -0.695. The zero-order valence-electron chi connectivity index (χ0n) is 8.37. The maximum absolute atomic E-state index is 11.6. The number of hydrogen-bond donors (Lipinski definition) is 2. The van der Waals surface area contributed by atoms with Crippen molar-refractivity contribution in [1.29, 1.82) is 0 Å². The predicted molar refractivity (Wildman–Crippen MR) is 50.6 cm³/mol. The fraction of sp³-hybridized carbons (Fsp3) is 0.778. The Kier molecular flexibility index (Phi) is 4.64. The number of alkyl halides is 1. The third-order valence-electron chi connectivity index (χ3n) is 2.44. The number of halogens is 1. The number of Topliss-reactive ketones (excluding diaryl/α,β-unsaturated/α-hetero) is 1. The Labute approximate surface area is 87.1 Å². The Hall–Kier alpha value is -1.01.